The van der Waals surface area contributed by atoms with Crippen LogP contribution < -0.4 is 0 Å². The van der Waals surface area contributed by atoms with Crippen LogP contribution in [0, 0.1) is 11.3 Å². The van der Waals surface area contributed by atoms with Crippen molar-refractivity contribution in [2.24, 2.45) is 0 Å². The number of aliphatic hydroxyl groups is 1. The molecule has 0 radical (unpaired) electrons. The van der Waals surface area contributed by atoms with Crippen LogP contribution in [0.5, 0.6) is 0 Å². The molecule has 0 saturated carbocycles. The Morgan fingerprint density at radius 1 is 1.33 bits per heavy atom. The molecule has 5 heteroatoms. The zero-order chi connectivity index (χ0) is 13.8. The van der Waals surface area contributed by atoms with E-state index in [1.807, 2.05) is 13.0 Å². The van der Waals surface area contributed by atoms with Crippen molar-refractivity contribution in [2.45, 2.75) is 31.1 Å². The zero-order valence-corrected chi connectivity index (χ0v) is 11.3. The summed E-state index contributed by atoms with van der Waals surface area (Å²) >= 11 is 0. The molecule has 18 heavy (non-hydrogen) atoms. The van der Waals surface area contributed by atoms with E-state index >= 15 is 0 Å². The van der Waals surface area contributed by atoms with Crippen LogP contribution in [-0.4, -0.2) is 25.9 Å². The van der Waals surface area contributed by atoms with Crippen LogP contribution in [0.25, 0.3) is 0 Å². The molecule has 0 amide bonds. The number of nitriles is 1. The molecular weight excluding hydrogens is 250 g/mol. The highest BCUT2D eigenvalue weighted by Crippen LogP contribution is 2.28. The standard InChI is InChI=1S/C13H17NO3S/c1-3-4-12(15)13(18(2,16)17)11-7-5-10(9-14)6-8-11/h5-8,12-13,15H,3-4H2,1-2H3. The van der Waals surface area contributed by atoms with Gasteiger partial charge < -0.3 is 5.11 Å². The second kappa shape index (κ2) is 5.98. The first-order valence-corrected chi connectivity index (χ1v) is 7.72. The predicted octanol–water partition coefficient (Wildman–Crippen LogP) is 1.80. The van der Waals surface area contributed by atoms with E-state index in [1.165, 1.54) is 0 Å². The lowest BCUT2D eigenvalue weighted by Crippen LogP contribution is -2.25. The maximum absolute atomic E-state index is 11.8. The number of nitrogens with zero attached hydrogens (tertiary/aromatic N) is 1. The van der Waals surface area contributed by atoms with Crippen molar-refractivity contribution in [3.63, 3.8) is 0 Å². The lowest BCUT2D eigenvalue weighted by molar-refractivity contribution is 0.157. The molecule has 2 unspecified atom stereocenters. The van der Waals surface area contributed by atoms with Crippen molar-refractivity contribution < 1.29 is 13.5 Å². The molecule has 0 aliphatic rings. The van der Waals surface area contributed by atoms with Crippen LogP contribution in [0.3, 0.4) is 0 Å². The Labute approximate surface area is 108 Å². The van der Waals surface area contributed by atoms with Gasteiger partial charge in [0, 0.05) is 6.26 Å². The maximum Gasteiger partial charge on any atom is 0.157 e. The topological polar surface area (TPSA) is 78.2 Å². The van der Waals surface area contributed by atoms with Gasteiger partial charge in [0.15, 0.2) is 9.84 Å². The molecule has 1 N–H and O–H groups in total. The van der Waals surface area contributed by atoms with E-state index in [0.717, 1.165) is 6.26 Å². The van der Waals surface area contributed by atoms with E-state index in [2.05, 4.69) is 0 Å². The summed E-state index contributed by atoms with van der Waals surface area (Å²) in [6.45, 7) is 1.89. The summed E-state index contributed by atoms with van der Waals surface area (Å²) in [4.78, 5) is 0. The highest BCUT2D eigenvalue weighted by Gasteiger charge is 2.29. The van der Waals surface area contributed by atoms with Gasteiger partial charge in [-0.05, 0) is 24.1 Å². The van der Waals surface area contributed by atoms with Gasteiger partial charge in [-0.3, -0.25) is 0 Å². The third-order valence-electron chi connectivity index (χ3n) is 2.76. The largest absolute Gasteiger partial charge is 0.391 e. The number of aliphatic hydroxyl groups excluding tert-OH is 1. The number of benzene rings is 1. The van der Waals surface area contributed by atoms with Crippen molar-refractivity contribution in [3.05, 3.63) is 35.4 Å². The summed E-state index contributed by atoms with van der Waals surface area (Å²) in [5.74, 6) is 0. The van der Waals surface area contributed by atoms with Gasteiger partial charge in [-0.1, -0.05) is 25.5 Å². The molecule has 4 nitrogen and oxygen atoms in total. The van der Waals surface area contributed by atoms with Crippen molar-refractivity contribution in [1.29, 1.82) is 5.26 Å². The van der Waals surface area contributed by atoms with Crippen LogP contribution in [0.15, 0.2) is 24.3 Å². The van der Waals surface area contributed by atoms with E-state index in [-0.39, 0.29) is 0 Å². The molecule has 0 heterocycles. The van der Waals surface area contributed by atoms with Gasteiger partial charge in [0.2, 0.25) is 0 Å². The van der Waals surface area contributed by atoms with Gasteiger partial charge in [-0.2, -0.15) is 5.26 Å². The lowest BCUT2D eigenvalue weighted by Gasteiger charge is -2.21. The summed E-state index contributed by atoms with van der Waals surface area (Å²) in [6.07, 6.45) is 1.34. The van der Waals surface area contributed by atoms with Crippen molar-refractivity contribution in [2.75, 3.05) is 6.26 Å². The molecule has 98 valence electrons. The summed E-state index contributed by atoms with van der Waals surface area (Å²) in [6, 6.07) is 8.27. The number of rotatable bonds is 5. The Morgan fingerprint density at radius 2 is 1.89 bits per heavy atom. The fourth-order valence-electron chi connectivity index (χ4n) is 1.95. The first-order valence-electron chi connectivity index (χ1n) is 5.77. The summed E-state index contributed by atoms with van der Waals surface area (Å²) < 4.78 is 23.6. The van der Waals surface area contributed by atoms with Crippen LogP contribution in [0.1, 0.15) is 36.1 Å². The van der Waals surface area contributed by atoms with Crippen molar-refractivity contribution >= 4 is 9.84 Å². The van der Waals surface area contributed by atoms with E-state index in [0.29, 0.717) is 24.0 Å². The third kappa shape index (κ3) is 3.56. The first kappa shape index (κ1) is 14.7. The molecule has 0 aromatic heterocycles. The molecule has 0 spiro atoms. The lowest BCUT2D eigenvalue weighted by atomic mass is 10.0. The molecule has 2 atom stereocenters. The van der Waals surface area contributed by atoms with Crippen LogP contribution in [0.4, 0.5) is 0 Å². The molecule has 0 saturated heterocycles. The molecule has 1 aromatic rings. The molecule has 0 aliphatic heterocycles. The highest BCUT2D eigenvalue weighted by atomic mass is 32.2. The fraction of sp³-hybridized carbons (Fsp3) is 0.462. The van der Waals surface area contributed by atoms with Crippen molar-refractivity contribution in [3.8, 4) is 6.07 Å². The average molecular weight is 267 g/mol. The molecule has 1 rings (SSSR count). The van der Waals surface area contributed by atoms with Crippen molar-refractivity contribution in [1.82, 2.24) is 0 Å². The maximum atomic E-state index is 11.8. The second-order valence-electron chi connectivity index (χ2n) is 4.34. The fourth-order valence-corrected chi connectivity index (χ4v) is 3.31. The van der Waals surface area contributed by atoms with Crippen LogP contribution in [-0.2, 0) is 9.84 Å². The van der Waals surface area contributed by atoms with Gasteiger partial charge in [0.05, 0.1) is 17.7 Å². The number of sulfone groups is 1. The molecule has 1 aromatic carbocycles. The van der Waals surface area contributed by atoms with Gasteiger partial charge in [0.1, 0.15) is 5.25 Å². The molecule has 0 fully saturated rings. The summed E-state index contributed by atoms with van der Waals surface area (Å²) in [7, 11) is -3.39. The Balaban J connectivity index is 3.14. The van der Waals surface area contributed by atoms with Crippen LogP contribution >= 0.6 is 0 Å². The van der Waals surface area contributed by atoms with Gasteiger partial charge in [0.25, 0.3) is 0 Å². The molecule has 0 bridgehead atoms. The number of hydrogen-bond donors (Lipinski definition) is 1. The Hall–Kier alpha value is -1.38. The minimum atomic E-state index is -3.39. The normalized spacial score (nSPS) is 14.8. The van der Waals surface area contributed by atoms with Crippen LogP contribution in [0.2, 0.25) is 0 Å². The molecule has 0 aliphatic carbocycles. The van der Waals surface area contributed by atoms with E-state index in [1.54, 1.807) is 24.3 Å². The van der Waals surface area contributed by atoms with Gasteiger partial charge >= 0.3 is 0 Å². The average Bonchev–Trinajstić information content (AvgIpc) is 2.28. The zero-order valence-electron chi connectivity index (χ0n) is 10.5. The highest BCUT2D eigenvalue weighted by molar-refractivity contribution is 7.91. The minimum absolute atomic E-state index is 0.428. The van der Waals surface area contributed by atoms with E-state index in [9.17, 15) is 13.5 Å². The second-order valence-corrected chi connectivity index (χ2v) is 6.51. The first-order chi connectivity index (χ1) is 8.40. The van der Waals surface area contributed by atoms with Gasteiger partial charge in [-0.25, -0.2) is 8.42 Å². The predicted molar refractivity (Wildman–Crippen MR) is 69.7 cm³/mol. The van der Waals surface area contributed by atoms with Gasteiger partial charge in [-0.15, -0.1) is 0 Å². The summed E-state index contributed by atoms with van der Waals surface area (Å²) in [5.41, 5.74) is 0.994. The SMILES string of the molecule is CCCC(O)C(c1ccc(C#N)cc1)S(C)(=O)=O. The molecular formula is C13H17NO3S. The Bertz CT molecular complexity index is 528. The Morgan fingerprint density at radius 3 is 2.28 bits per heavy atom. The van der Waals surface area contributed by atoms with E-state index < -0.39 is 21.2 Å². The minimum Gasteiger partial charge on any atom is -0.391 e. The Kier molecular flexibility index (Phi) is 4.88. The smallest absolute Gasteiger partial charge is 0.157 e. The summed E-state index contributed by atoms with van der Waals surface area (Å²) in [5, 5.41) is 17.8. The number of hydrogen-bond acceptors (Lipinski definition) is 4. The third-order valence-corrected chi connectivity index (χ3v) is 4.27. The van der Waals surface area contributed by atoms with E-state index in [4.69, 9.17) is 5.26 Å². The quantitative estimate of drug-likeness (QED) is 0.882. The monoisotopic (exact) mass is 267 g/mol.